The van der Waals surface area contributed by atoms with E-state index < -0.39 is 0 Å². The van der Waals surface area contributed by atoms with Crippen molar-refractivity contribution in [3.8, 4) is 5.75 Å². The monoisotopic (exact) mass is 290 g/mol. The number of rotatable bonds is 8. The molecule has 1 heterocycles. The summed E-state index contributed by atoms with van der Waals surface area (Å²) in [6.07, 6.45) is 0.943. The second kappa shape index (κ2) is 7.43. The van der Waals surface area contributed by atoms with Crippen molar-refractivity contribution in [2.75, 3.05) is 40.8 Å². The molecule has 5 heteroatoms. The minimum Gasteiger partial charge on any atom is -0.497 e. The van der Waals surface area contributed by atoms with Crippen LogP contribution >= 0.6 is 0 Å². The highest BCUT2D eigenvalue weighted by molar-refractivity contribution is 5.77. The van der Waals surface area contributed by atoms with Gasteiger partial charge >= 0.3 is 0 Å². The molecule has 0 saturated carbocycles. The molecule has 1 aromatic heterocycles. The summed E-state index contributed by atoms with van der Waals surface area (Å²) in [5, 5.41) is 3.37. The maximum atomic E-state index is 5.30. The maximum Gasteiger partial charge on any atom is 0.121 e. The van der Waals surface area contributed by atoms with Gasteiger partial charge in [-0.1, -0.05) is 6.92 Å². The first-order chi connectivity index (χ1) is 10.2. The van der Waals surface area contributed by atoms with Gasteiger partial charge in [0.05, 0.1) is 18.1 Å². The Labute approximate surface area is 126 Å². The van der Waals surface area contributed by atoms with Crippen molar-refractivity contribution >= 4 is 11.0 Å². The molecule has 1 aromatic carbocycles. The van der Waals surface area contributed by atoms with Crippen molar-refractivity contribution in [1.29, 1.82) is 0 Å². The van der Waals surface area contributed by atoms with Crippen LogP contribution in [-0.4, -0.2) is 55.3 Å². The van der Waals surface area contributed by atoms with E-state index in [0.717, 1.165) is 49.7 Å². The second-order valence-corrected chi connectivity index (χ2v) is 5.44. The van der Waals surface area contributed by atoms with E-state index >= 15 is 0 Å². The van der Waals surface area contributed by atoms with Gasteiger partial charge in [0.2, 0.25) is 0 Å². The number of benzene rings is 1. The number of likely N-dealkylation sites (N-methyl/N-ethyl adjacent to an activating group) is 2. The number of hydrogen-bond acceptors (Lipinski definition) is 4. The lowest BCUT2D eigenvalue weighted by molar-refractivity contribution is 0.383. The summed E-state index contributed by atoms with van der Waals surface area (Å²) in [4.78, 5) is 6.99. The standard InChI is InChI=1S/C16H26N4O/c1-5-17-9-8-16-18-14-12-13(21-4)6-7-15(14)20(16)11-10-19(2)3/h6-7,12,17H,5,8-11H2,1-4H3. The SMILES string of the molecule is CCNCCc1nc2cc(OC)ccc2n1CCN(C)C. The maximum absolute atomic E-state index is 5.30. The number of nitrogens with one attached hydrogen (secondary N) is 1. The van der Waals surface area contributed by atoms with Crippen LogP contribution in [0.2, 0.25) is 0 Å². The largest absolute Gasteiger partial charge is 0.497 e. The van der Waals surface area contributed by atoms with Crippen LogP contribution in [0.3, 0.4) is 0 Å². The van der Waals surface area contributed by atoms with Gasteiger partial charge in [-0.2, -0.15) is 0 Å². The fourth-order valence-electron chi connectivity index (χ4n) is 2.40. The third-order valence-electron chi connectivity index (χ3n) is 3.58. The lowest BCUT2D eigenvalue weighted by atomic mass is 10.3. The molecule has 0 atom stereocenters. The predicted octanol–water partition coefficient (Wildman–Crippen LogP) is 1.76. The first-order valence-electron chi connectivity index (χ1n) is 7.54. The number of fused-ring (bicyclic) bond motifs is 1. The van der Waals surface area contributed by atoms with E-state index in [-0.39, 0.29) is 0 Å². The van der Waals surface area contributed by atoms with Crippen LogP contribution < -0.4 is 10.1 Å². The molecule has 0 aliphatic carbocycles. The van der Waals surface area contributed by atoms with Crippen LogP contribution in [0, 0.1) is 0 Å². The lowest BCUT2D eigenvalue weighted by Crippen LogP contribution is -2.22. The Balaban J connectivity index is 2.31. The number of ether oxygens (including phenoxy) is 1. The summed E-state index contributed by atoms with van der Waals surface area (Å²) in [5.41, 5.74) is 2.20. The van der Waals surface area contributed by atoms with E-state index in [2.05, 4.69) is 41.9 Å². The Bertz CT molecular complexity index is 577. The fourth-order valence-corrected chi connectivity index (χ4v) is 2.40. The van der Waals surface area contributed by atoms with Crippen molar-refractivity contribution in [1.82, 2.24) is 19.8 Å². The highest BCUT2D eigenvalue weighted by Gasteiger charge is 2.11. The number of nitrogens with zero attached hydrogens (tertiary/aromatic N) is 3. The van der Waals surface area contributed by atoms with Gasteiger partial charge in [0.15, 0.2) is 0 Å². The number of imidazole rings is 1. The quantitative estimate of drug-likeness (QED) is 0.752. The summed E-state index contributed by atoms with van der Waals surface area (Å²) in [5.74, 6) is 2.00. The molecule has 21 heavy (non-hydrogen) atoms. The Morgan fingerprint density at radius 2 is 2.14 bits per heavy atom. The van der Waals surface area contributed by atoms with E-state index in [9.17, 15) is 0 Å². The van der Waals surface area contributed by atoms with Crippen LogP contribution in [0.1, 0.15) is 12.7 Å². The minimum atomic E-state index is 0.859. The highest BCUT2D eigenvalue weighted by Crippen LogP contribution is 2.22. The van der Waals surface area contributed by atoms with E-state index in [1.54, 1.807) is 7.11 Å². The fraction of sp³-hybridized carbons (Fsp3) is 0.562. The second-order valence-electron chi connectivity index (χ2n) is 5.44. The predicted molar refractivity (Wildman–Crippen MR) is 87.1 cm³/mol. The molecule has 116 valence electrons. The minimum absolute atomic E-state index is 0.859. The van der Waals surface area contributed by atoms with Crippen LogP contribution in [0.15, 0.2) is 18.2 Å². The zero-order valence-corrected chi connectivity index (χ0v) is 13.5. The molecule has 0 fully saturated rings. The number of methoxy groups -OCH3 is 1. The van der Waals surface area contributed by atoms with Gasteiger partial charge < -0.3 is 19.5 Å². The highest BCUT2D eigenvalue weighted by atomic mass is 16.5. The molecule has 0 spiro atoms. The van der Waals surface area contributed by atoms with E-state index in [4.69, 9.17) is 9.72 Å². The van der Waals surface area contributed by atoms with Crippen LogP contribution in [0.25, 0.3) is 11.0 Å². The third kappa shape index (κ3) is 3.95. The lowest BCUT2D eigenvalue weighted by Gasteiger charge is -2.13. The zero-order chi connectivity index (χ0) is 15.2. The molecule has 0 unspecified atom stereocenters. The number of hydrogen-bond donors (Lipinski definition) is 1. The smallest absolute Gasteiger partial charge is 0.121 e. The molecule has 0 aliphatic heterocycles. The third-order valence-corrected chi connectivity index (χ3v) is 3.58. The molecular formula is C16H26N4O. The topological polar surface area (TPSA) is 42.3 Å². The Morgan fingerprint density at radius 3 is 2.81 bits per heavy atom. The van der Waals surface area contributed by atoms with Crippen molar-refractivity contribution in [2.45, 2.75) is 19.9 Å². The molecular weight excluding hydrogens is 264 g/mol. The summed E-state index contributed by atoms with van der Waals surface area (Å²) in [7, 11) is 5.89. The van der Waals surface area contributed by atoms with Gasteiger partial charge in [0.25, 0.3) is 0 Å². The summed E-state index contributed by atoms with van der Waals surface area (Å²) in [6.45, 7) is 6.04. The average molecular weight is 290 g/mol. The molecule has 0 amide bonds. The van der Waals surface area contributed by atoms with Crippen LogP contribution in [0.4, 0.5) is 0 Å². The van der Waals surface area contributed by atoms with Crippen molar-refractivity contribution < 1.29 is 4.74 Å². The van der Waals surface area contributed by atoms with Gasteiger partial charge in [0.1, 0.15) is 11.6 Å². The Kier molecular flexibility index (Phi) is 5.59. The van der Waals surface area contributed by atoms with E-state index in [1.807, 2.05) is 12.1 Å². The first-order valence-corrected chi connectivity index (χ1v) is 7.54. The zero-order valence-electron chi connectivity index (χ0n) is 13.5. The summed E-state index contributed by atoms with van der Waals surface area (Å²) < 4.78 is 7.62. The molecule has 0 bridgehead atoms. The van der Waals surface area contributed by atoms with Crippen molar-refractivity contribution in [3.05, 3.63) is 24.0 Å². The number of aromatic nitrogens is 2. The Morgan fingerprint density at radius 1 is 1.33 bits per heavy atom. The first kappa shape index (κ1) is 15.8. The van der Waals surface area contributed by atoms with Crippen molar-refractivity contribution in [2.24, 2.45) is 0 Å². The summed E-state index contributed by atoms with van der Waals surface area (Å²) >= 11 is 0. The molecule has 1 N–H and O–H groups in total. The van der Waals surface area contributed by atoms with Gasteiger partial charge in [-0.3, -0.25) is 0 Å². The molecule has 0 aliphatic rings. The van der Waals surface area contributed by atoms with Crippen LogP contribution in [-0.2, 0) is 13.0 Å². The van der Waals surface area contributed by atoms with Gasteiger partial charge in [-0.25, -0.2) is 4.98 Å². The average Bonchev–Trinajstić information content (AvgIpc) is 2.81. The molecule has 0 radical (unpaired) electrons. The van der Waals surface area contributed by atoms with E-state index in [0.29, 0.717) is 0 Å². The van der Waals surface area contributed by atoms with Gasteiger partial charge in [0, 0.05) is 32.1 Å². The van der Waals surface area contributed by atoms with Gasteiger partial charge in [-0.05, 0) is 32.8 Å². The van der Waals surface area contributed by atoms with Crippen molar-refractivity contribution in [3.63, 3.8) is 0 Å². The normalized spacial score (nSPS) is 11.5. The summed E-state index contributed by atoms with van der Waals surface area (Å²) in [6, 6.07) is 6.12. The van der Waals surface area contributed by atoms with E-state index in [1.165, 1.54) is 5.52 Å². The molecule has 2 rings (SSSR count). The van der Waals surface area contributed by atoms with Gasteiger partial charge in [-0.15, -0.1) is 0 Å². The van der Waals surface area contributed by atoms with Crippen LogP contribution in [0.5, 0.6) is 5.75 Å². The molecule has 5 nitrogen and oxygen atoms in total. The molecule has 0 saturated heterocycles. The Hall–Kier alpha value is -1.59. The molecule has 2 aromatic rings.